The third-order valence-corrected chi connectivity index (χ3v) is 5.07. The normalized spacial score (nSPS) is 25.2. The molecule has 2 rings (SSSR count). The average molecular weight is 268 g/mol. The summed E-state index contributed by atoms with van der Waals surface area (Å²) in [5.74, 6) is 0.148. The number of rotatable bonds is 4. The van der Waals surface area contributed by atoms with E-state index in [-0.39, 0.29) is 11.3 Å². The zero-order valence-corrected chi connectivity index (χ0v) is 12.2. The Morgan fingerprint density at radius 2 is 1.63 bits per heavy atom. The SMILES string of the molecule is CN(CC1(O)CCCC1)C(=O)C1(CN)CCCCC1. The van der Waals surface area contributed by atoms with Gasteiger partial charge in [-0.05, 0) is 25.7 Å². The molecule has 0 heterocycles. The predicted octanol–water partition coefficient (Wildman–Crippen LogP) is 1.66. The summed E-state index contributed by atoms with van der Waals surface area (Å²) in [5, 5.41) is 10.4. The molecule has 4 heteroatoms. The van der Waals surface area contributed by atoms with Crippen LogP contribution in [-0.2, 0) is 4.79 Å². The molecule has 0 aromatic carbocycles. The molecular weight excluding hydrogens is 240 g/mol. The summed E-state index contributed by atoms with van der Waals surface area (Å²) in [6.45, 7) is 0.905. The summed E-state index contributed by atoms with van der Waals surface area (Å²) in [4.78, 5) is 14.5. The van der Waals surface area contributed by atoms with Gasteiger partial charge in [-0.3, -0.25) is 4.79 Å². The van der Waals surface area contributed by atoms with Gasteiger partial charge in [0.25, 0.3) is 0 Å². The van der Waals surface area contributed by atoms with E-state index in [0.717, 1.165) is 51.4 Å². The fraction of sp³-hybridized carbons (Fsp3) is 0.933. The Morgan fingerprint density at radius 1 is 1.11 bits per heavy atom. The van der Waals surface area contributed by atoms with Crippen LogP contribution in [0.4, 0.5) is 0 Å². The van der Waals surface area contributed by atoms with Crippen molar-refractivity contribution in [2.75, 3.05) is 20.1 Å². The Morgan fingerprint density at radius 3 is 2.16 bits per heavy atom. The summed E-state index contributed by atoms with van der Waals surface area (Å²) < 4.78 is 0. The van der Waals surface area contributed by atoms with E-state index < -0.39 is 5.60 Å². The Balaban J connectivity index is 2.00. The van der Waals surface area contributed by atoms with E-state index >= 15 is 0 Å². The van der Waals surface area contributed by atoms with Crippen LogP contribution in [0.15, 0.2) is 0 Å². The molecule has 2 saturated carbocycles. The minimum Gasteiger partial charge on any atom is -0.388 e. The zero-order valence-electron chi connectivity index (χ0n) is 12.2. The van der Waals surface area contributed by atoms with Crippen LogP contribution in [0.5, 0.6) is 0 Å². The number of amides is 1. The van der Waals surface area contributed by atoms with Gasteiger partial charge in [-0.2, -0.15) is 0 Å². The Bertz CT molecular complexity index is 318. The lowest BCUT2D eigenvalue weighted by molar-refractivity contribution is -0.145. The molecule has 0 bridgehead atoms. The minimum absolute atomic E-state index is 0.148. The molecule has 2 fully saturated rings. The van der Waals surface area contributed by atoms with Crippen LogP contribution in [0, 0.1) is 5.41 Å². The van der Waals surface area contributed by atoms with E-state index in [2.05, 4.69) is 0 Å². The van der Waals surface area contributed by atoms with Gasteiger partial charge in [0.1, 0.15) is 0 Å². The summed E-state index contributed by atoms with van der Waals surface area (Å²) >= 11 is 0. The lowest BCUT2D eigenvalue weighted by Crippen LogP contribution is -2.51. The van der Waals surface area contributed by atoms with Gasteiger partial charge in [-0.1, -0.05) is 32.1 Å². The lowest BCUT2D eigenvalue weighted by atomic mass is 9.73. The Kier molecular flexibility index (Phi) is 4.51. The van der Waals surface area contributed by atoms with E-state index in [1.165, 1.54) is 6.42 Å². The molecule has 3 N–H and O–H groups in total. The maximum Gasteiger partial charge on any atom is 0.229 e. The molecule has 0 radical (unpaired) electrons. The van der Waals surface area contributed by atoms with Gasteiger partial charge in [0.05, 0.1) is 11.0 Å². The second-order valence-corrected chi connectivity index (χ2v) is 6.64. The molecule has 1 amide bonds. The topological polar surface area (TPSA) is 66.6 Å². The number of nitrogens with zero attached hydrogens (tertiary/aromatic N) is 1. The third-order valence-electron chi connectivity index (χ3n) is 5.07. The van der Waals surface area contributed by atoms with Gasteiger partial charge in [-0.25, -0.2) is 0 Å². The molecule has 0 saturated heterocycles. The van der Waals surface area contributed by atoms with Crippen LogP contribution in [0.25, 0.3) is 0 Å². The first kappa shape index (κ1) is 14.8. The number of carbonyl (C=O) groups is 1. The van der Waals surface area contributed by atoms with Crippen LogP contribution < -0.4 is 5.73 Å². The molecule has 0 atom stereocenters. The first-order valence-corrected chi connectivity index (χ1v) is 7.69. The molecule has 0 spiro atoms. The van der Waals surface area contributed by atoms with Crippen molar-refractivity contribution in [2.45, 2.75) is 63.4 Å². The first-order chi connectivity index (χ1) is 9.01. The summed E-state index contributed by atoms with van der Waals surface area (Å²) in [6, 6.07) is 0. The van der Waals surface area contributed by atoms with Gasteiger partial charge in [0.15, 0.2) is 0 Å². The third kappa shape index (κ3) is 3.11. The van der Waals surface area contributed by atoms with Gasteiger partial charge in [-0.15, -0.1) is 0 Å². The highest BCUT2D eigenvalue weighted by atomic mass is 16.3. The van der Waals surface area contributed by atoms with E-state index in [9.17, 15) is 9.90 Å². The second kappa shape index (κ2) is 5.80. The van der Waals surface area contributed by atoms with Crippen molar-refractivity contribution < 1.29 is 9.90 Å². The van der Waals surface area contributed by atoms with Crippen molar-refractivity contribution in [3.8, 4) is 0 Å². The fourth-order valence-corrected chi connectivity index (χ4v) is 3.84. The average Bonchev–Trinajstić information content (AvgIpc) is 2.85. The van der Waals surface area contributed by atoms with Gasteiger partial charge in [0.2, 0.25) is 5.91 Å². The van der Waals surface area contributed by atoms with Gasteiger partial charge < -0.3 is 15.7 Å². The van der Waals surface area contributed by atoms with Crippen LogP contribution in [-0.4, -0.2) is 41.7 Å². The Labute approximate surface area is 116 Å². The van der Waals surface area contributed by atoms with E-state index in [4.69, 9.17) is 5.73 Å². The van der Waals surface area contributed by atoms with E-state index in [1.807, 2.05) is 7.05 Å². The molecule has 110 valence electrons. The Hall–Kier alpha value is -0.610. The summed E-state index contributed by atoms with van der Waals surface area (Å²) in [6.07, 6.45) is 9.00. The number of aliphatic hydroxyl groups is 1. The highest BCUT2D eigenvalue weighted by molar-refractivity contribution is 5.83. The molecule has 2 aliphatic carbocycles. The first-order valence-electron chi connectivity index (χ1n) is 7.69. The lowest BCUT2D eigenvalue weighted by Gasteiger charge is -2.39. The molecule has 0 aromatic rings. The standard InChI is InChI=1S/C15H28N2O2/c1-17(12-15(19)9-5-6-10-15)13(18)14(11-16)7-3-2-4-8-14/h19H,2-12,16H2,1H3. The van der Waals surface area contributed by atoms with Crippen molar-refractivity contribution in [3.63, 3.8) is 0 Å². The zero-order chi connectivity index (χ0) is 13.9. The number of hydrogen-bond donors (Lipinski definition) is 2. The van der Waals surface area contributed by atoms with Gasteiger partial charge in [0, 0.05) is 20.1 Å². The highest BCUT2D eigenvalue weighted by Gasteiger charge is 2.42. The number of nitrogens with two attached hydrogens (primary N) is 1. The fourth-order valence-electron chi connectivity index (χ4n) is 3.84. The van der Waals surface area contributed by atoms with Gasteiger partial charge >= 0.3 is 0 Å². The van der Waals surface area contributed by atoms with Crippen LogP contribution in [0.3, 0.4) is 0 Å². The molecule has 4 nitrogen and oxygen atoms in total. The van der Waals surface area contributed by atoms with Crippen LogP contribution in [0.1, 0.15) is 57.8 Å². The predicted molar refractivity (Wildman–Crippen MR) is 75.6 cm³/mol. The number of hydrogen-bond acceptors (Lipinski definition) is 3. The maximum atomic E-state index is 12.7. The smallest absolute Gasteiger partial charge is 0.229 e. The van der Waals surface area contributed by atoms with Crippen molar-refractivity contribution in [1.82, 2.24) is 4.90 Å². The largest absolute Gasteiger partial charge is 0.388 e. The molecule has 19 heavy (non-hydrogen) atoms. The monoisotopic (exact) mass is 268 g/mol. The molecule has 0 aromatic heterocycles. The molecule has 0 unspecified atom stereocenters. The second-order valence-electron chi connectivity index (χ2n) is 6.64. The maximum absolute atomic E-state index is 12.7. The van der Waals surface area contributed by atoms with Crippen molar-refractivity contribution >= 4 is 5.91 Å². The van der Waals surface area contributed by atoms with E-state index in [0.29, 0.717) is 13.1 Å². The molecule has 2 aliphatic rings. The summed E-state index contributed by atoms with van der Waals surface area (Å²) in [5.41, 5.74) is 4.89. The highest BCUT2D eigenvalue weighted by Crippen LogP contribution is 2.38. The summed E-state index contributed by atoms with van der Waals surface area (Å²) in [7, 11) is 1.82. The van der Waals surface area contributed by atoms with Crippen molar-refractivity contribution in [2.24, 2.45) is 11.1 Å². The molecular formula is C15H28N2O2. The quantitative estimate of drug-likeness (QED) is 0.815. The van der Waals surface area contributed by atoms with Crippen molar-refractivity contribution in [1.29, 1.82) is 0 Å². The van der Waals surface area contributed by atoms with Crippen LogP contribution >= 0.6 is 0 Å². The molecule has 0 aliphatic heterocycles. The van der Waals surface area contributed by atoms with Crippen LogP contribution in [0.2, 0.25) is 0 Å². The van der Waals surface area contributed by atoms with Crippen molar-refractivity contribution in [3.05, 3.63) is 0 Å². The number of likely N-dealkylation sites (N-methyl/N-ethyl adjacent to an activating group) is 1. The number of carbonyl (C=O) groups excluding carboxylic acids is 1. The minimum atomic E-state index is -0.658. The van der Waals surface area contributed by atoms with E-state index in [1.54, 1.807) is 4.90 Å².